The molecule has 2 heterocycles. The fourth-order valence-corrected chi connectivity index (χ4v) is 4.19. The zero-order valence-corrected chi connectivity index (χ0v) is 18.6. The van der Waals surface area contributed by atoms with Crippen molar-refractivity contribution >= 4 is 34.1 Å². The van der Waals surface area contributed by atoms with Crippen LogP contribution in [0.4, 0.5) is 5.00 Å². The van der Waals surface area contributed by atoms with Crippen molar-refractivity contribution in [1.82, 2.24) is 16.0 Å². The van der Waals surface area contributed by atoms with Gasteiger partial charge in [-0.2, -0.15) is 0 Å². The number of primary amides is 1. The van der Waals surface area contributed by atoms with Crippen LogP contribution in [0.25, 0.3) is 0 Å². The van der Waals surface area contributed by atoms with Crippen LogP contribution in [0, 0.1) is 0 Å². The first-order chi connectivity index (χ1) is 15.0. The number of thiophene rings is 1. The standard InChI is InChI=1S/C22H30N6O2S/c1-2-24-22(27-18-9-11-28(12-10-18)20-4-3-13-31-20)26-14-16-5-7-17(8-6-16)21(30)25-15-19(23)29/h3-8,13,18H,2,9-12,14-15H2,1H3,(H2,23,29)(H,25,30)(H2,24,26,27). The van der Waals surface area contributed by atoms with Crippen molar-refractivity contribution < 1.29 is 9.59 Å². The van der Waals surface area contributed by atoms with Crippen molar-refractivity contribution in [3.63, 3.8) is 0 Å². The summed E-state index contributed by atoms with van der Waals surface area (Å²) in [5.41, 5.74) is 6.53. The molecule has 1 aliphatic heterocycles. The highest BCUT2D eigenvalue weighted by Crippen LogP contribution is 2.24. The number of benzene rings is 1. The number of nitrogens with one attached hydrogen (secondary N) is 3. The summed E-state index contributed by atoms with van der Waals surface area (Å²) in [5.74, 6) is -0.0851. The lowest BCUT2D eigenvalue weighted by molar-refractivity contribution is -0.117. The molecule has 2 aromatic rings. The lowest BCUT2D eigenvalue weighted by Gasteiger charge is -2.33. The first-order valence-corrected chi connectivity index (χ1v) is 11.4. The molecule has 5 N–H and O–H groups in total. The molecule has 0 saturated carbocycles. The number of hydrogen-bond donors (Lipinski definition) is 4. The SMILES string of the molecule is CCNC(=NCc1ccc(C(=O)NCC(N)=O)cc1)NC1CCN(c2cccs2)CC1. The quantitative estimate of drug-likeness (QED) is 0.367. The van der Waals surface area contributed by atoms with E-state index >= 15 is 0 Å². The third-order valence-corrected chi connectivity index (χ3v) is 5.99. The Hall–Kier alpha value is -3.07. The summed E-state index contributed by atoms with van der Waals surface area (Å²) in [5, 5.41) is 12.8. The zero-order chi connectivity index (χ0) is 22.1. The predicted molar refractivity (Wildman–Crippen MR) is 125 cm³/mol. The number of nitrogens with zero attached hydrogens (tertiary/aromatic N) is 2. The highest BCUT2D eigenvalue weighted by Gasteiger charge is 2.20. The van der Waals surface area contributed by atoms with Crippen molar-refractivity contribution in [3.05, 3.63) is 52.9 Å². The molecule has 0 unspecified atom stereocenters. The fourth-order valence-electron chi connectivity index (χ4n) is 3.41. The third kappa shape index (κ3) is 6.99. The van der Waals surface area contributed by atoms with Gasteiger partial charge < -0.3 is 26.6 Å². The van der Waals surface area contributed by atoms with Crippen LogP contribution in [-0.4, -0.2) is 50.0 Å². The number of nitrogens with two attached hydrogens (primary N) is 1. The fraction of sp³-hybridized carbons (Fsp3) is 0.409. The maximum Gasteiger partial charge on any atom is 0.251 e. The molecule has 1 fully saturated rings. The molecule has 31 heavy (non-hydrogen) atoms. The van der Waals surface area contributed by atoms with Gasteiger partial charge in [0.15, 0.2) is 5.96 Å². The number of carbonyl (C=O) groups excluding carboxylic acids is 2. The monoisotopic (exact) mass is 442 g/mol. The van der Waals surface area contributed by atoms with Gasteiger partial charge in [-0.3, -0.25) is 9.59 Å². The molecule has 0 atom stereocenters. The number of guanidine groups is 1. The predicted octanol–water partition coefficient (Wildman–Crippen LogP) is 1.69. The maximum absolute atomic E-state index is 12.0. The Balaban J connectivity index is 1.51. The van der Waals surface area contributed by atoms with Crippen molar-refractivity contribution in [2.75, 3.05) is 31.1 Å². The van der Waals surface area contributed by atoms with Crippen LogP contribution in [0.1, 0.15) is 35.7 Å². The van der Waals surface area contributed by atoms with Gasteiger partial charge in [-0.05, 0) is 55.0 Å². The van der Waals surface area contributed by atoms with Crippen LogP contribution in [-0.2, 0) is 11.3 Å². The lowest BCUT2D eigenvalue weighted by atomic mass is 10.1. The van der Waals surface area contributed by atoms with E-state index in [-0.39, 0.29) is 12.5 Å². The van der Waals surface area contributed by atoms with Crippen molar-refractivity contribution in [2.45, 2.75) is 32.4 Å². The Labute approximate surface area is 186 Å². The number of anilines is 1. The summed E-state index contributed by atoms with van der Waals surface area (Å²) in [7, 11) is 0. The van der Waals surface area contributed by atoms with E-state index in [9.17, 15) is 9.59 Å². The van der Waals surface area contributed by atoms with E-state index in [1.807, 2.05) is 12.1 Å². The number of piperidine rings is 1. The Morgan fingerprint density at radius 1 is 1.16 bits per heavy atom. The summed E-state index contributed by atoms with van der Waals surface area (Å²) in [6.45, 7) is 5.25. The molecule has 1 aromatic heterocycles. The number of aliphatic imine (C=N–C) groups is 1. The first-order valence-electron chi connectivity index (χ1n) is 10.5. The topological polar surface area (TPSA) is 112 Å². The Morgan fingerprint density at radius 3 is 2.52 bits per heavy atom. The number of hydrogen-bond acceptors (Lipinski definition) is 5. The molecule has 0 spiro atoms. The van der Waals surface area contributed by atoms with Crippen LogP contribution in [0.2, 0.25) is 0 Å². The average molecular weight is 443 g/mol. The second-order valence-electron chi connectivity index (χ2n) is 7.40. The van der Waals surface area contributed by atoms with E-state index < -0.39 is 5.91 Å². The second-order valence-corrected chi connectivity index (χ2v) is 8.32. The summed E-state index contributed by atoms with van der Waals surface area (Å²) < 4.78 is 0. The van der Waals surface area contributed by atoms with Crippen molar-refractivity contribution in [1.29, 1.82) is 0 Å². The minimum Gasteiger partial charge on any atom is -0.368 e. The lowest BCUT2D eigenvalue weighted by Crippen LogP contribution is -2.48. The van der Waals surface area contributed by atoms with E-state index in [2.05, 4.69) is 45.3 Å². The molecule has 3 rings (SSSR count). The van der Waals surface area contributed by atoms with Crippen molar-refractivity contribution in [2.24, 2.45) is 10.7 Å². The van der Waals surface area contributed by atoms with Gasteiger partial charge in [-0.25, -0.2) is 4.99 Å². The molecule has 1 aromatic carbocycles. The Kier molecular flexibility index (Phi) is 8.28. The number of carbonyl (C=O) groups is 2. The molecule has 8 nitrogen and oxygen atoms in total. The van der Waals surface area contributed by atoms with Gasteiger partial charge in [0, 0.05) is 31.2 Å². The van der Waals surface area contributed by atoms with E-state index in [0.717, 1.165) is 44.0 Å². The third-order valence-electron chi connectivity index (χ3n) is 5.06. The van der Waals surface area contributed by atoms with E-state index in [0.29, 0.717) is 18.2 Å². The largest absolute Gasteiger partial charge is 0.368 e. The number of amides is 2. The van der Waals surface area contributed by atoms with Gasteiger partial charge in [0.2, 0.25) is 5.91 Å². The second kappa shape index (κ2) is 11.4. The minimum atomic E-state index is -0.569. The summed E-state index contributed by atoms with van der Waals surface area (Å²) in [6, 6.07) is 11.9. The van der Waals surface area contributed by atoms with Gasteiger partial charge in [0.1, 0.15) is 0 Å². The highest BCUT2D eigenvalue weighted by atomic mass is 32.1. The zero-order valence-electron chi connectivity index (χ0n) is 17.8. The van der Waals surface area contributed by atoms with Crippen LogP contribution < -0.4 is 26.6 Å². The molecular formula is C22H30N6O2S. The van der Waals surface area contributed by atoms with E-state index in [1.54, 1.807) is 23.5 Å². The Bertz CT molecular complexity index is 874. The van der Waals surface area contributed by atoms with Crippen LogP contribution in [0.5, 0.6) is 0 Å². The summed E-state index contributed by atoms with van der Waals surface area (Å²) in [4.78, 5) is 29.9. The highest BCUT2D eigenvalue weighted by molar-refractivity contribution is 7.14. The molecule has 1 aliphatic rings. The smallest absolute Gasteiger partial charge is 0.251 e. The van der Waals surface area contributed by atoms with Gasteiger partial charge in [-0.1, -0.05) is 12.1 Å². The molecule has 166 valence electrons. The molecule has 0 bridgehead atoms. The van der Waals surface area contributed by atoms with Crippen LogP contribution in [0.3, 0.4) is 0 Å². The minimum absolute atomic E-state index is 0.172. The maximum atomic E-state index is 12.0. The van der Waals surface area contributed by atoms with Gasteiger partial charge in [0.25, 0.3) is 5.91 Å². The van der Waals surface area contributed by atoms with Crippen LogP contribution >= 0.6 is 11.3 Å². The molecule has 9 heteroatoms. The van der Waals surface area contributed by atoms with E-state index in [1.165, 1.54) is 5.00 Å². The molecule has 2 amide bonds. The molecular weight excluding hydrogens is 412 g/mol. The molecule has 0 radical (unpaired) electrons. The normalized spacial score (nSPS) is 14.9. The first kappa shape index (κ1) is 22.6. The Morgan fingerprint density at radius 2 is 1.90 bits per heavy atom. The van der Waals surface area contributed by atoms with Gasteiger partial charge in [0.05, 0.1) is 18.1 Å². The van der Waals surface area contributed by atoms with E-state index in [4.69, 9.17) is 10.7 Å². The number of rotatable bonds is 8. The summed E-state index contributed by atoms with van der Waals surface area (Å²) in [6.07, 6.45) is 2.13. The molecule has 0 aliphatic carbocycles. The van der Waals surface area contributed by atoms with Gasteiger partial charge >= 0.3 is 0 Å². The van der Waals surface area contributed by atoms with Crippen molar-refractivity contribution in [3.8, 4) is 0 Å². The average Bonchev–Trinajstić information content (AvgIpc) is 3.32. The van der Waals surface area contributed by atoms with Gasteiger partial charge in [-0.15, -0.1) is 11.3 Å². The summed E-state index contributed by atoms with van der Waals surface area (Å²) >= 11 is 1.79. The molecule has 1 saturated heterocycles. The van der Waals surface area contributed by atoms with Crippen LogP contribution in [0.15, 0.2) is 46.8 Å².